The van der Waals surface area contributed by atoms with Crippen LogP contribution in [0.2, 0.25) is 0 Å². The molecule has 0 amide bonds. The molecule has 2 nitrogen and oxygen atoms in total. The van der Waals surface area contributed by atoms with E-state index in [-0.39, 0.29) is 0 Å². The molecule has 0 bridgehead atoms. The minimum Gasteiger partial charge on any atom is -0.490 e. The van der Waals surface area contributed by atoms with Crippen LogP contribution in [0.5, 0.6) is 5.75 Å². The number of piperidine rings is 1. The molecule has 0 saturated carbocycles. The Hall–Kier alpha value is -1.32. The highest BCUT2D eigenvalue weighted by Gasteiger charge is 2.27. The first-order valence-corrected chi connectivity index (χ1v) is 8.68. The summed E-state index contributed by atoms with van der Waals surface area (Å²) in [6.45, 7) is 5.51. The summed E-state index contributed by atoms with van der Waals surface area (Å²) in [6, 6.07) is 18.8. The highest BCUT2D eigenvalue weighted by molar-refractivity contribution is 9.10. The Morgan fingerprint density at radius 1 is 1.14 bits per heavy atom. The molecule has 1 fully saturated rings. The van der Waals surface area contributed by atoms with Gasteiger partial charge in [-0.05, 0) is 30.2 Å². The predicted octanol–water partition coefficient (Wildman–Crippen LogP) is 4.74. The van der Waals surface area contributed by atoms with E-state index in [0.717, 1.165) is 36.3 Å². The number of likely N-dealkylation sites (tertiary alicyclic amines) is 1. The van der Waals surface area contributed by atoms with Gasteiger partial charge in [0.15, 0.2) is 0 Å². The van der Waals surface area contributed by atoms with Crippen molar-refractivity contribution >= 4 is 15.9 Å². The van der Waals surface area contributed by atoms with Crippen LogP contribution in [0.15, 0.2) is 59.1 Å². The molecule has 22 heavy (non-hydrogen) atoms. The summed E-state index contributed by atoms with van der Waals surface area (Å²) in [4.78, 5) is 2.53. The lowest BCUT2D eigenvalue weighted by atomic mass is 9.96. The molecule has 0 aromatic heterocycles. The van der Waals surface area contributed by atoms with E-state index in [1.165, 1.54) is 5.56 Å². The molecule has 2 atom stereocenters. The van der Waals surface area contributed by atoms with Crippen molar-refractivity contribution in [2.45, 2.75) is 26.0 Å². The fraction of sp³-hybridized carbons (Fsp3) is 0.368. The number of benzene rings is 2. The topological polar surface area (TPSA) is 12.5 Å². The van der Waals surface area contributed by atoms with Crippen molar-refractivity contribution < 1.29 is 4.74 Å². The van der Waals surface area contributed by atoms with Gasteiger partial charge in [0.25, 0.3) is 0 Å². The Morgan fingerprint density at radius 3 is 2.68 bits per heavy atom. The summed E-state index contributed by atoms with van der Waals surface area (Å²) in [5, 5.41) is 0. The largest absolute Gasteiger partial charge is 0.490 e. The standard InChI is InChI=1S/C19H22BrNO/c1-15-13-21(14-16-6-3-2-4-7-16)11-10-19(15)22-18-9-5-8-17(20)12-18/h2-9,12,15,19H,10-11,13-14H2,1H3/t15-,19+/m1/s1. The summed E-state index contributed by atoms with van der Waals surface area (Å²) < 4.78 is 7.26. The van der Waals surface area contributed by atoms with Gasteiger partial charge in [-0.3, -0.25) is 4.90 Å². The molecule has 3 rings (SSSR count). The van der Waals surface area contributed by atoms with Crippen LogP contribution in [-0.2, 0) is 6.54 Å². The van der Waals surface area contributed by atoms with E-state index in [4.69, 9.17) is 4.74 Å². The van der Waals surface area contributed by atoms with E-state index >= 15 is 0 Å². The second kappa shape index (κ2) is 7.30. The molecule has 3 heteroatoms. The SMILES string of the molecule is C[C@@H]1CN(Cc2ccccc2)CC[C@@H]1Oc1cccc(Br)c1. The van der Waals surface area contributed by atoms with E-state index in [2.05, 4.69) is 58.1 Å². The first kappa shape index (κ1) is 15.6. The Morgan fingerprint density at radius 2 is 1.95 bits per heavy atom. The Balaban J connectivity index is 1.56. The van der Waals surface area contributed by atoms with Gasteiger partial charge in [-0.25, -0.2) is 0 Å². The van der Waals surface area contributed by atoms with E-state index in [9.17, 15) is 0 Å². The third-order valence-corrected chi connectivity index (χ3v) is 4.74. The molecule has 116 valence electrons. The number of hydrogen-bond donors (Lipinski definition) is 0. The molecule has 0 radical (unpaired) electrons. The first-order valence-electron chi connectivity index (χ1n) is 7.89. The molecule has 0 N–H and O–H groups in total. The van der Waals surface area contributed by atoms with E-state index in [1.54, 1.807) is 0 Å². The summed E-state index contributed by atoms with van der Waals surface area (Å²) in [6.07, 6.45) is 1.39. The van der Waals surface area contributed by atoms with Crippen molar-refractivity contribution in [3.05, 3.63) is 64.6 Å². The zero-order valence-electron chi connectivity index (χ0n) is 12.9. The lowest BCUT2D eigenvalue weighted by molar-refractivity contribution is 0.0490. The second-order valence-corrected chi connectivity index (χ2v) is 7.02. The molecule has 0 aliphatic carbocycles. The van der Waals surface area contributed by atoms with Gasteiger partial charge in [-0.2, -0.15) is 0 Å². The van der Waals surface area contributed by atoms with Crippen LogP contribution in [0.3, 0.4) is 0 Å². The quantitative estimate of drug-likeness (QED) is 0.781. The van der Waals surface area contributed by atoms with Crippen molar-refractivity contribution in [1.29, 1.82) is 0 Å². The summed E-state index contributed by atoms with van der Waals surface area (Å²) in [7, 11) is 0. The van der Waals surface area contributed by atoms with Gasteiger partial charge in [0.2, 0.25) is 0 Å². The number of rotatable bonds is 4. The van der Waals surface area contributed by atoms with Crippen LogP contribution in [0, 0.1) is 5.92 Å². The normalized spacial score (nSPS) is 22.5. The van der Waals surface area contributed by atoms with E-state index < -0.39 is 0 Å². The zero-order chi connectivity index (χ0) is 15.4. The van der Waals surface area contributed by atoms with Gasteiger partial charge in [0.1, 0.15) is 11.9 Å². The molecule has 1 saturated heterocycles. The summed E-state index contributed by atoms with van der Waals surface area (Å²) in [5.74, 6) is 1.50. The average molecular weight is 360 g/mol. The number of hydrogen-bond acceptors (Lipinski definition) is 2. The van der Waals surface area contributed by atoms with Crippen LogP contribution in [0.1, 0.15) is 18.9 Å². The summed E-state index contributed by atoms with van der Waals surface area (Å²) >= 11 is 3.50. The van der Waals surface area contributed by atoms with Crippen LogP contribution < -0.4 is 4.74 Å². The predicted molar refractivity (Wildman–Crippen MR) is 94.1 cm³/mol. The molecule has 2 aromatic rings. The van der Waals surface area contributed by atoms with Crippen molar-refractivity contribution in [2.24, 2.45) is 5.92 Å². The number of ether oxygens (including phenoxy) is 1. The molecule has 0 spiro atoms. The third-order valence-electron chi connectivity index (χ3n) is 4.24. The monoisotopic (exact) mass is 359 g/mol. The van der Waals surface area contributed by atoms with Crippen LogP contribution in [0.25, 0.3) is 0 Å². The van der Waals surface area contributed by atoms with Crippen LogP contribution in [-0.4, -0.2) is 24.1 Å². The fourth-order valence-corrected chi connectivity index (χ4v) is 3.46. The fourth-order valence-electron chi connectivity index (χ4n) is 3.09. The van der Waals surface area contributed by atoms with Crippen molar-refractivity contribution in [1.82, 2.24) is 4.90 Å². The Labute approximate surface area is 141 Å². The lowest BCUT2D eigenvalue weighted by Gasteiger charge is -2.37. The highest BCUT2D eigenvalue weighted by atomic mass is 79.9. The first-order chi connectivity index (χ1) is 10.7. The van der Waals surface area contributed by atoms with E-state index in [0.29, 0.717) is 12.0 Å². The maximum atomic E-state index is 6.19. The molecular formula is C19H22BrNO. The van der Waals surface area contributed by atoms with Crippen LogP contribution >= 0.6 is 15.9 Å². The van der Waals surface area contributed by atoms with Gasteiger partial charge in [0.05, 0.1) is 0 Å². The van der Waals surface area contributed by atoms with Gasteiger partial charge in [0, 0.05) is 30.0 Å². The highest BCUT2D eigenvalue weighted by Crippen LogP contribution is 2.25. The second-order valence-electron chi connectivity index (χ2n) is 6.10. The van der Waals surface area contributed by atoms with Crippen LogP contribution in [0.4, 0.5) is 0 Å². The molecule has 1 aliphatic heterocycles. The van der Waals surface area contributed by atoms with Gasteiger partial charge in [-0.15, -0.1) is 0 Å². The maximum absolute atomic E-state index is 6.19. The molecule has 1 aliphatic rings. The minimum atomic E-state index is 0.307. The average Bonchev–Trinajstić information content (AvgIpc) is 2.51. The Bertz CT molecular complexity index is 601. The summed E-state index contributed by atoms with van der Waals surface area (Å²) in [5.41, 5.74) is 1.39. The molecular weight excluding hydrogens is 338 g/mol. The van der Waals surface area contributed by atoms with E-state index in [1.807, 2.05) is 24.3 Å². The number of nitrogens with zero attached hydrogens (tertiary/aromatic N) is 1. The van der Waals surface area contributed by atoms with Crippen molar-refractivity contribution in [3.63, 3.8) is 0 Å². The minimum absolute atomic E-state index is 0.307. The smallest absolute Gasteiger partial charge is 0.120 e. The third kappa shape index (κ3) is 4.11. The van der Waals surface area contributed by atoms with Gasteiger partial charge in [-0.1, -0.05) is 59.3 Å². The van der Waals surface area contributed by atoms with Crippen molar-refractivity contribution in [3.8, 4) is 5.75 Å². The lowest BCUT2D eigenvalue weighted by Crippen LogP contribution is -2.43. The molecule has 1 heterocycles. The molecule has 2 aromatic carbocycles. The van der Waals surface area contributed by atoms with Gasteiger partial charge < -0.3 is 4.74 Å². The van der Waals surface area contributed by atoms with Gasteiger partial charge >= 0.3 is 0 Å². The van der Waals surface area contributed by atoms with Crippen molar-refractivity contribution in [2.75, 3.05) is 13.1 Å². The number of halogens is 1. The molecule has 0 unspecified atom stereocenters. The zero-order valence-corrected chi connectivity index (χ0v) is 14.5. The maximum Gasteiger partial charge on any atom is 0.120 e. The Kier molecular flexibility index (Phi) is 5.16.